The lowest BCUT2D eigenvalue weighted by Gasteiger charge is -2.50. The molecule has 3 saturated heterocycles. The number of pyridine rings is 1. The second-order valence-electron chi connectivity index (χ2n) is 9.42. The molecule has 2 unspecified atom stereocenters. The van der Waals surface area contributed by atoms with Gasteiger partial charge in [0.15, 0.2) is 0 Å². The van der Waals surface area contributed by atoms with Gasteiger partial charge in [-0.3, -0.25) is 19.0 Å². The van der Waals surface area contributed by atoms with Gasteiger partial charge in [-0.1, -0.05) is 59.5 Å². The van der Waals surface area contributed by atoms with Crippen LogP contribution >= 0.6 is 0 Å². The first-order valence-corrected chi connectivity index (χ1v) is 14.6. The van der Waals surface area contributed by atoms with E-state index >= 15 is 0 Å². The molecule has 4 heterocycles. The van der Waals surface area contributed by atoms with Gasteiger partial charge in [0.25, 0.3) is 0 Å². The lowest BCUT2D eigenvalue weighted by molar-refractivity contribution is -0.0444. The second-order valence-corrected chi connectivity index (χ2v) is 10.3. The Bertz CT molecular complexity index is 1050. The SMILES string of the molecule is C=C[C@H]1CN2CCC1C[C@H]2[C@H](O)c1ccnc2ccc(OC)cc12.CCCC.CCCC.O.O.O.O.O.O.O.O.O.O=S(=O)(O)O. The molecule has 3 aliphatic heterocycles. The van der Waals surface area contributed by atoms with Gasteiger partial charge in [-0.25, -0.2) is 0 Å². The Morgan fingerprint density at radius 1 is 0.935 bits per heavy atom. The number of nitrogens with zero attached hydrogens (tertiary/aromatic N) is 2. The molecule has 1 aromatic carbocycles. The third-order valence-corrected chi connectivity index (χ3v) is 6.82. The van der Waals surface area contributed by atoms with Gasteiger partial charge in [0.2, 0.25) is 0 Å². The first-order valence-electron chi connectivity index (χ1n) is 13.2. The number of piperidine rings is 3. The number of benzene rings is 1. The number of fused-ring (bicyclic) bond motifs is 4. The molecule has 0 saturated carbocycles. The van der Waals surface area contributed by atoms with E-state index in [1.54, 1.807) is 13.3 Å². The smallest absolute Gasteiger partial charge is 0.394 e. The highest BCUT2D eigenvalue weighted by atomic mass is 32.3. The van der Waals surface area contributed by atoms with Crippen molar-refractivity contribution < 1.29 is 76.7 Å². The Morgan fingerprint density at radius 3 is 1.78 bits per heavy atom. The van der Waals surface area contributed by atoms with Crippen molar-refractivity contribution in [1.82, 2.24) is 9.88 Å². The van der Waals surface area contributed by atoms with E-state index in [1.807, 2.05) is 24.3 Å². The van der Waals surface area contributed by atoms with Gasteiger partial charge in [0.05, 0.1) is 18.7 Å². The Labute approximate surface area is 272 Å². The van der Waals surface area contributed by atoms with Crippen LogP contribution in [0.25, 0.3) is 10.9 Å². The first-order chi connectivity index (χ1) is 17.5. The number of unbranched alkanes of at least 4 members (excludes halogenated alkanes) is 2. The minimum Gasteiger partial charge on any atom is -0.497 e. The van der Waals surface area contributed by atoms with Crippen molar-refractivity contribution in [3.63, 3.8) is 0 Å². The van der Waals surface area contributed by atoms with Crippen molar-refractivity contribution in [2.24, 2.45) is 11.8 Å². The van der Waals surface area contributed by atoms with Crippen LogP contribution < -0.4 is 4.74 Å². The lowest BCUT2D eigenvalue weighted by atomic mass is 9.73. The van der Waals surface area contributed by atoms with Crippen LogP contribution in [0.3, 0.4) is 0 Å². The molecule has 5 rings (SSSR count). The summed E-state index contributed by atoms with van der Waals surface area (Å²) >= 11 is 0. The van der Waals surface area contributed by atoms with Gasteiger partial charge in [0.1, 0.15) is 5.75 Å². The van der Waals surface area contributed by atoms with E-state index in [0.29, 0.717) is 11.8 Å². The highest BCUT2D eigenvalue weighted by Gasteiger charge is 2.42. The topological polar surface area (TPSA) is 404 Å². The number of aliphatic hydroxyl groups excluding tert-OH is 1. The predicted molar refractivity (Wildman–Crippen MR) is 183 cm³/mol. The molecule has 5 atom stereocenters. The molecule has 0 spiro atoms. The molecule has 17 nitrogen and oxygen atoms in total. The minimum absolute atomic E-state index is 0. The Kier molecular flexibility index (Phi) is 48.8. The van der Waals surface area contributed by atoms with E-state index in [0.717, 1.165) is 41.7 Å². The van der Waals surface area contributed by atoms with Crippen molar-refractivity contribution >= 4 is 21.3 Å². The van der Waals surface area contributed by atoms with E-state index in [2.05, 4.69) is 50.2 Å². The monoisotopic (exact) mass is 700 g/mol. The fraction of sp³-hybridized carbons (Fsp3) is 0.607. The van der Waals surface area contributed by atoms with Crippen molar-refractivity contribution in [1.29, 1.82) is 0 Å². The van der Waals surface area contributed by atoms with Gasteiger partial charge in [-0.2, -0.15) is 8.42 Å². The maximum absolute atomic E-state index is 11.2. The highest BCUT2D eigenvalue weighted by Crippen LogP contribution is 2.42. The van der Waals surface area contributed by atoms with Crippen molar-refractivity contribution in [2.75, 3.05) is 20.2 Å². The molecular formula is C28H64N2O15S. The summed E-state index contributed by atoms with van der Waals surface area (Å²) in [7, 11) is -3.01. The standard InChI is InChI=1S/C20H24N2O2.2C4H10.H2O4S.9H2O/c1-3-13-12-22-9-7-14(13)10-19(22)20(23)16-6-8-21-18-5-4-15(24-2)11-17(16)18;2*1-3-4-2;1-5(2,3)4;;;;;;;;;/h3-6,8,11,13-14,19-20,23H,1,7,9-10,12H2,2H3;2*3-4H2,1-2H3;(H2,1,2,3,4);9*1H2/t13-,14?,19-,20+;;;;;;;;;;;;/m0............/s1. The number of rotatable bonds is 6. The number of hydrogen-bond donors (Lipinski definition) is 3. The summed E-state index contributed by atoms with van der Waals surface area (Å²) in [5.74, 6) is 2.01. The van der Waals surface area contributed by atoms with E-state index in [9.17, 15) is 5.11 Å². The van der Waals surface area contributed by atoms with E-state index < -0.39 is 16.5 Å². The maximum Gasteiger partial charge on any atom is 0.394 e. The van der Waals surface area contributed by atoms with Crippen LogP contribution in [0.15, 0.2) is 43.1 Å². The molecule has 21 N–H and O–H groups in total. The maximum atomic E-state index is 11.2. The molecule has 282 valence electrons. The summed E-state index contributed by atoms with van der Waals surface area (Å²) in [5.41, 5.74) is 1.85. The summed E-state index contributed by atoms with van der Waals surface area (Å²) in [5, 5.41) is 12.1. The largest absolute Gasteiger partial charge is 0.497 e. The van der Waals surface area contributed by atoms with Crippen LogP contribution in [0.1, 0.15) is 77.9 Å². The number of hydrogen-bond acceptors (Lipinski definition) is 6. The fourth-order valence-electron chi connectivity index (χ4n) is 4.44. The van der Waals surface area contributed by atoms with Crippen LogP contribution in [-0.2, 0) is 10.4 Å². The van der Waals surface area contributed by atoms with Crippen LogP contribution in [-0.4, -0.2) is 108 Å². The van der Waals surface area contributed by atoms with Crippen LogP contribution in [0, 0.1) is 11.8 Å². The molecular weight excluding hydrogens is 636 g/mol. The van der Waals surface area contributed by atoms with Gasteiger partial charge in [-0.15, -0.1) is 6.58 Å². The molecule has 0 amide bonds. The predicted octanol–water partition coefficient (Wildman–Crippen LogP) is -1.29. The van der Waals surface area contributed by atoms with Crippen LogP contribution in [0.2, 0.25) is 0 Å². The second kappa shape index (κ2) is 33.9. The number of aliphatic hydroxyl groups is 1. The average Bonchev–Trinajstić information content (AvgIpc) is 2.91. The highest BCUT2D eigenvalue weighted by molar-refractivity contribution is 7.79. The van der Waals surface area contributed by atoms with E-state index in [1.165, 1.54) is 32.1 Å². The third kappa shape index (κ3) is 22.2. The molecule has 3 aliphatic rings. The van der Waals surface area contributed by atoms with Crippen molar-refractivity contribution in [3.05, 3.63) is 48.7 Å². The Balaban J connectivity index is -0.0000000776. The quantitative estimate of drug-likeness (QED) is 0.240. The van der Waals surface area contributed by atoms with Crippen molar-refractivity contribution in [2.45, 2.75) is 78.4 Å². The first kappa shape index (κ1) is 66.1. The number of aromatic nitrogens is 1. The Morgan fingerprint density at radius 2 is 1.41 bits per heavy atom. The Hall–Kier alpha value is -2.40. The molecule has 18 heteroatoms. The summed E-state index contributed by atoms with van der Waals surface area (Å²) < 4.78 is 36.9. The van der Waals surface area contributed by atoms with Crippen LogP contribution in [0.4, 0.5) is 0 Å². The zero-order chi connectivity index (χ0) is 28.0. The number of methoxy groups -OCH3 is 1. The summed E-state index contributed by atoms with van der Waals surface area (Å²) in [4.78, 5) is 6.86. The zero-order valence-electron chi connectivity index (χ0n) is 27.5. The fourth-order valence-corrected chi connectivity index (χ4v) is 4.44. The van der Waals surface area contributed by atoms with Crippen LogP contribution in [0.5, 0.6) is 5.75 Å². The zero-order valence-corrected chi connectivity index (χ0v) is 28.3. The minimum atomic E-state index is -4.67. The van der Waals surface area contributed by atoms with Gasteiger partial charge < -0.3 is 59.1 Å². The molecule has 2 bridgehead atoms. The lowest BCUT2D eigenvalue weighted by Crippen LogP contribution is -2.54. The summed E-state index contributed by atoms with van der Waals surface area (Å²) in [6.45, 7) is 14.8. The molecule has 3 fully saturated rings. The molecule has 1 aromatic heterocycles. The van der Waals surface area contributed by atoms with Gasteiger partial charge in [0, 0.05) is 24.2 Å². The van der Waals surface area contributed by atoms with Gasteiger partial charge >= 0.3 is 10.4 Å². The molecule has 46 heavy (non-hydrogen) atoms. The van der Waals surface area contributed by atoms with Crippen molar-refractivity contribution in [3.8, 4) is 5.75 Å². The summed E-state index contributed by atoms with van der Waals surface area (Å²) in [6, 6.07) is 7.96. The third-order valence-electron chi connectivity index (χ3n) is 6.82. The number of ether oxygens (including phenoxy) is 1. The van der Waals surface area contributed by atoms with E-state index in [4.69, 9.17) is 22.3 Å². The normalized spacial score (nSPS) is 18.3. The van der Waals surface area contributed by atoms with Gasteiger partial charge in [-0.05, 0) is 61.1 Å². The molecule has 2 aromatic rings. The average molecular weight is 701 g/mol. The summed E-state index contributed by atoms with van der Waals surface area (Å²) in [6.07, 6.45) is 10.9. The molecule has 0 aliphatic carbocycles. The molecule has 0 radical (unpaired) electrons. The van der Waals surface area contributed by atoms with E-state index in [-0.39, 0.29) is 55.3 Å².